The zero-order valence-electron chi connectivity index (χ0n) is 23.3. The zero-order chi connectivity index (χ0) is 28.0. The molecule has 0 bridgehead atoms. The van der Waals surface area contributed by atoms with Crippen LogP contribution in [0.2, 0.25) is 0 Å². The van der Waals surface area contributed by atoms with E-state index in [-0.39, 0.29) is 5.91 Å². The minimum Gasteiger partial charge on any atom is -0.495 e. The highest BCUT2D eigenvalue weighted by Crippen LogP contribution is 2.34. The number of rotatable bonds is 10. The molecule has 0 aliphatic carbocycles. The zero-order valence-corrected chi connectivity index (χ0v) is 24.1. The number of aromatic nitrogens is 2. The van der Waals surface area contributed by atoms with Crippen LogP contribution in [0, 0.1) is 0 Å². The fourth-order valence-electron chi connectivity index (χ4n) is 5.38. The van der Waals surface area contributed by atoms with Crippen molar-refractivity contribution >= 4 is 27.9 Å². The number of imidazole rings is 1. The molecule has 210 valence electrons. The van der Waals surface area contributed by atoms with Crippen LogP contribution in [0.3, 0.4) is 0 Å². The van der Waals surface area contributed by atoms with Gasteiger partial charge in [0.2, 0.25) is 0 Å². The van der Waals surface area contributed by atoms with Crippen molar-refractivity contribution in [3.63, 3.8) is 0 Å². The van der Waals surface area contributed by atoms with Crippen molar-refractivity contribution in [2.24, 2.45) is 0 Å². The maximum atomic E-state index is 12.6. The molecule has 2 aromatic heterocycles. The molecule has 8 heteroatoms. The largest absolute Gasteiger partial charge is 0.495 e. The van der Waals surface area contributed by atoms with Crippen LogP contribution in [0.25, 0.3) is 27.3 Å². The number of anilines is 1. The molecule has 1 saturated heterocycles. The molecule has 1 N–H and O–H groups in total. The lowest BCUT2D eigenvalue weighted by molar-refractivity contribution is 0.0952. The third-order valence-corrected chi connectivity index (χ3v) is 8.49. The third kappa shape index (κ3) is 6.29. The number of ether oxygens (including phenoxy) is 1. The predicted molar refractivity (Wildman–Crippen MR) is 167 cm³/mol. The second-order valence-electron chi connectivity index (χ2n) is 10.3. The van der Waals surface area contributed by atoms with E-state index in [9.17, 15) is 4.79 Å². The molecule has 0 spiro atoms. The van der Waals surface area contributed by atoms with Crippen molar-refractivity contribution in [1.82, 2.24) is 19.6 Å². The van der Waals surface area contributed by atoms with Crippen LogP contribution in [0.1, 0.15) is 23.2 Å². The summed E-state index contributed by atoms with van der Waals surface area (Å²) >= 11 is 1.61. The van der Waals surface area contributed by atoms with Crippen molar-refractivity contribution in [1.29, 1.82) is 0 Å². The molecule has 1 amide bonds. The van der Waals surface area contributed by atoms with E-state index in [1.165, 1.54) is 11.1 Å². The summed E-state index contributed by atoms with van der Waals surface area (Å²) in [7, 11) is 1.75. The van der Waals surface area contributed by atoms with Gasteiger partial charge in [-0.25, -0.2) is 4.98 Å². The summed E-state index contributed by atoms with van der Waals surface area (Å²) in [6.45, 7) is 5.73. The fourth-order valence-corrected chi connectivity index (χ4v) is 6.08. The molecule has 0 radical (unpaired) electrons. The third-order valence-electron chi connectivity index (χ3n) is 7.72. The lowest BCUT2D eigenvalue weighted by Gasteiger charge is -2.36. The molecule has 0 unspecified atom stereocenters. The second kappa shape index (κ2) is 12.6. The molecule has 1 aliphatic rings. The number of methoxy groups -OCH3 is 1. The van der Waals surface area contributed by atoms with Crippen LogP contribution >= 0.6 is 11.3 Å². The summed E-state index contributed by atoms with van der Waals surface area (Å²) in [5.41, 5.74) is 6.14. The van der Waals surface area contributed by atoms with Crippen molar-refractivity contribution in [2.75, 3.05) is 51.3 Å². The average molecular weight is 566 g/mol. The SMILES string of the molecule is COc1cc(-c2ccccc2)ccc1N1CCN(CCCCNC(=O)c2ccc(-c3cn4ccsc4n3)cc2)CC1. The molecular weight excluding hydrogens is 530 g/mol. The Labute approximate surface area is 245 Å². The quantitative estimate of drug-likeness (QED) is 0.208. The van der Waals surface area contributed by atoms with Gasteiger partial charge >= 0.3 is 0 Å². The monoisotopic (exact) mass is 565 g/mol. The van der Waals surface area contributed by atoms with Gasteiger partial charge in [-0.3, -0.25) is 14.1 Å². The normalized spacial score (nSPS) is 13.9. The van der Waals surface area contributed by atoms with Gasteiger partial charge in [0.1, 0.15) is 5.75 Å². The van der Waals surface area contributed by atoms with Gasteiger partial charge in [-0.15, -0.1) is 11.3 Å². The van der Waals surface area contributed by atoms with Gasteiger partial charge in [0.05, 0.1) is 18.5 Å². The Morgan fingerprint density at radius 1 is 0.927 bits per heavy atom. The van der Waals surface area contributed by atoms with E-state index in [0.29, 0.717) is 12.1 Å². The van der Waals surface area contributed by atoms with E-state index in [1.54, 1.807) is 18.4 Å². The first-order chi connectivity index (χ1) is 20.2. The molecule has 41 heavy (non-hydrogen) atoms. The van der Waals surface area contributed by atoms with E-state index in [4.69, 9.17) is 4.74 Å². The fraction of sp³-hybridized carbons (Fsp3) is 0.273. The van der Waals surface area contributed by atoms with Gasteiger partial charge in [-0.05, 0) is 54.8 Å². The Bertz CT molecular complexity index is 1560. The summed E-state index contributed by atoms with van der Waals surface area (Å²) < 4.78 is 7.79. The minimum absolute atomic E-state index is 0.0248. The number of hydrogen-bond donors (Lipinski definition) is 1. The van der Waals surface area contributed by atoms with E-state index >= 15 is 0 Å². The summed E-state index contributed by atoms with van der Waals surface area (Å²) in [4.78, 5) is 23.2. The molecule has 0 atom stereocenters. The number of thiazole rings is 1. The molecule has 7 nitrogen and oxygen atoms in total. The van der Waals surface area contributed by atoms with Gasteiger partial charge < -0.3 is 15.0 Å². The lowest BCUT2D eigenvalue weighted by Crippen LogP contribution is -2.46. The van der Waals surface area contributed by atoms with Crippen LogP contribution in [-0.4, -0.2) is 66.6 Å². The van der Waals surface area contributed by atoms with Crippen LogP contribution in [0.15, 0.2) is 90.6 Å². The van der Waals surface area contributed by atoms with E-state index in [0.717, 1.165) is 73.2 Å². The van der Waals surface area contributed by atoms with Crippen LogP contribution in [0.5, 0.6) is 5.75 Å². The number of piperazine rings is 1. The Hall–Kier alpha value is -4.14. The van der Waals surface area contributed by atoms with Gasteiger partial charge in [0.25, 0.3) is 5.91 Å². The molecule has 1 fully saturated rings. The summed E-state index contributed by atoms with van der Waals surface area (Å²) in [6.07, 6.45) is 6.04. The highest BCUT2D eigenvalue weighted by molar-refractivity contribution is 7.15. The molecule has 0 saturated carbocycles. The number of nitrogens with zero attached hydrogens (tertiary/aromatic N) is 4. The van der Waals surface area contributed by atoms with Crippen molar-refractivity contribution in [3.8, 4) is 28.1 Å². The van der Waals surface area contributed by atoms with Gasteiger partial charge in [0.15, 0.2) is 4.96 Å². The van der Waals surface area contributed by atoms with E-state index in [1.807, 2.05) is 52.5 Å². The Morgan fingerprint density at radius 3 is 2.46 bits per heavy atom. The van der Waals surface area contributed by atoms with Gasteiger partial charge in [-0.1, -0.05) is 48.5 Å². The highest BCUT2D eigenvalue weighted by atomic mass is 32.1. The topological polar surface area (TPSA) is 62.1 Å². The highest BCUT2D eigenvalue weighted by Gasteiger charge is 2.20. The number of carbonyl (C=O) groups excluding carboxylic acids is 1. The Morgan fingerprint density at radius 2 is 1.71 bits per heavy atom. The van der Waals surface area contributed by atoms with E-state index in [2.05, 4.69) is 62.6 Å². The van der Waals surface area contributed by atoms with Crippen molar-refractivity contribution < 1.29 is 9.53 Å². The van der Waals surface area contributed by atoms with Crippen molar-refractivity contribution in [2.45, 2.75) is 12.8 Å². The van der Waals surface area contributed by atoms with Crippen molar-refractivity contribution in [3.05, 3.63) is 96.1 Å². The molecule has 3 heterocycles. The lowest BCUT2D eigenvalue weighted by atomic mass is 10.0. The molecular formula is C33H35N5O2S. The number of unbranched alkanes of at least 4 members (excludes halogenated alkanes) is 1. The number of amides is 1. The number of benzene rings is 3. The Balaban J connectivity index is 0.918. The number of hydrogen-bond acceptors (Lipinski definition) is 6. The number of fused-ring (bicyclic) bond motifs is 1. The minimum atomic E-state index is -0.0248. The van der Waals surface area contributed by atoms with Gasteiger partial charge in [-0.2, -0.15) is 0 Å². The molecule has 3 aromatic carbocycles. The van der Waals surface area contributed by atoms with Crippen LogP contribution < -0.4 is 15.0 Å². The summed E-state index contributed by atoms with van der Waals surface area (Å²) in [6, 6.07) is 24.6. The summed E-state index contributed by atoms with van der Waals surface area (Å²) in [5.74, 6) is 0.898. The smallest absolute Gasteiger partial charge is 0.251 e. The standard InChI is InChI=1S/C33H35N5O2S/c1-40-31-23-28(25-7-3-2-4-8-25)13-14-30(31)37-19-17-36(18-20-37)16-6-5-15-34-32(39)27-11-9-26(10-12-27)29-24-38-21-22-41-33(38)35-29/h2-4,7-14,21-24H,5-6,15-20H2,1H3,(H,34,39). The van der Waals surface area contributed by atoms with Gasteiger partial charge in [0, 0.05) is 61.6 Å². The predicted octanol–water partition coefficient (Wildman–Crippen LogP) is 6.07. The number of nitrogens with one attached hydrogen (secondary N) is 1. The Kier molecular flexibility index (Phi) is 8.30. The first kappa shape index (κ1) is 27.1. The molecule has 6 rings (SSSR count). The molecule has 1 aliphatic heterocycles. The average Bonchev–Trinajstić information content (AvgIpc) is 3.65. The molecule has 5 aromatic rings. The van der Waals surface area contributed by atoms with Crippen LogP contribution in [-0.2, 0) is 0 Å². The first-order valence-corrected chi connectivity index (χ1v) is 15.1. The summed E-state index contributed by atoms with van der Waals surface area (Å²) in [5, 5.41) is 5.09. The maximum absolute atomic E-state index is 12.6. The first-order valence-electron chi connectivity index (χ1n) is 14.2. The number of carbonyl (C=O) groups is 1. The van der Waals surface area contributed by atoms with Crippen LogP contribution in [0.4, 0.5) is 5.69 Å². The maximum Gasteiger partial charge on any atom is 0.251 e. The van der Waals surface area contributed by atoms with E-state index < -0.39 is 0 Å². The second-order valence-corrected chi connectivity index (χ2v) is 11.2.